The van der Waals surface area contributed by atoms with Gasteiger partial charge in [0.2, 0.25) is 0 Å². The van der Waals surface area contributed by atoms with Gasteiger partial charge in [0.25, 0.3) is 0 Å². The van der Waals surface area contributed by atoms with Crippen molar-refractivity contribution in [1.29, 1.82) is 0 Å². The zero-order valence-corrected chi connectivity index (χ0v) is 10.6. The Morgan fingerprint density at radius 2 is 1.94 bits per heavy atom. The summed E-state index contributed by atoms with van der Waals surface area (Å²) in [6.07, 6.45) is 0. The molecule has 0 radical (unpaired) electrons. The first-order valence-corrected chi connectivity index (χ1v) is 5.75. The Bertz CT molecular complexity index is 594. The number of carboxylic acid groups (broad SMARTS) is 1. The minimum absolute atomic E-state index is 0.318. The molecule has 3 nitrogen and oxygen atoms in total. The molecular weight excluding hydrogens is 214 g/mol. The Hall–Kier alpha value is -1.77. The molecule has 1 aromatic heterocycles. The van der Waals surface area contributed by atoms with Gasteiger partial charge in [-0.1, -0.05) is 13.8 Å². The highest BCUT2D eigenvalue weighted by Gasteiger charge is 2.14. The third kappa shape index (κ3) is 1.82. The lowest BCUT2D eigenvalue weighted by atomic mass is 9.96. The summed E-state index contributed by atoms with van der Waals surface area (Å²) in [6.45, 7) is 6.20. The number of hydrogen-bond acceptors (Lipinski definition) is 1. The summed E-state index contributed by atoms with van der Waals surface area (Å²) in [6, 6.07) is 5.65. The van der Waals surface area contributed by atoms with Gasteiger partial charge in [-0.15, -0.1) is 0 Å². The predicted octanol–water partition coefficient (Wildman–Crippen LogP) is 3.31. The minimum Gasteiger partial charge on any atom is -0.478 e. The number of nitrogens with zero attached hydrogens (tertiary/aromatic N) is 1. The molecule has 0 atom stereocenters. The molecule has 0 spiro atoms. The summed E-state index contributed by atoms with van der Waals surface area (Å²) in [7, 11) is 1.97. The van der Waals surface area contributed by atoms with E-state index in [9.17, 15) is 4.79 Å². The molecule has 2 rings (SSSR count). The summed E-state index contributed by atoms with van der Waals surface area (Å²) >= 11 is 0. The Labute approximate surface area is 101 Å². The van der Waals surface area contributed by atoms with Crippen molar-refractivity contribution in [3.8, 4) is 0 Å². The average Bonchev–Trinajstić information content (AvgIpc) is 2.54. The molecule has 1 heterocycles. The lowest BCUT2D eigenvalue weighted by molar-refractivity contribution is 0.0697. The van der Waals surface area contributed by atoms with Gasteiger partial charge in [-0.2, -0.15) is 0 Å². The van der Waals surface area contributed by atoms with Crippen LogP contribution in [0.2, 0.25) is 0 Å². The van der Waals surface area contributed by atoms with E-state index in [-0.39, 0.29) is 0 Å². The summed E-state index contributed by atoms with van der Waals surface area (Å²) in [4.78, 5) is 11.1. The molecule has 0 saturated heterocycles. The van der Waals surface area contributed by atoms with Gasteiger partial charge in [-0.25, -0.2) is 4.79 Å². The molecule has 3 heteroatoms. The number of aromatic carboxylic acids is 1. The van der Waals surface area contributed by atoms with Gasteiger partial charge in [0.15, 0.2) is 0 Å². The molecule has 0 saturated carbocycles. The highest BCUT2D eigenvalue weighted by Crippen LogP contribution is 2.29. The third-order valence-corrected chi connectivity index (χ3v) is 3.30. The van der Waals surface area contributed by atoms with Crippen molar-refractivity contribution in [2.45, 2.75) is 26.7 Å². The van der Waals surface area contributed by atoms with Crippen LogP contribution >= 0.6 is 0 Å². The van der Waals surface area contributed by atoms with E-state index in [2.05, 4.69) is 19.9 Å². The van der Waals surface area contributed by atoms with Gasteiger partial charge in [0, 0.05) is 23.6 Å². The second-order valence-electron chi connectivity index (χ2n) is 4.80. The van der Waals surface area contributed by atoms with Crippen LogP contribution in [0.25, 0.3) is 10.9 Å². The fraction of sp³-hybridized carbons (Fsp3) is 0.357. The SMILES string of the molecule is Cc1cc2c(C(C)C)cc(C(=O)O)cc2n1C. The molecule has 0 amide bonds. The first-order valence-electron chi connectivity index (χ1n) is 5.75. The van der Waals surface area contributed by atoms with Crippen molar-refractivity contribution in [2.75, 3.05) is 0 Å². The standard InChI is InChI=1S/C14H17NO2/c1-8(2)11-6-10(14(16)17)7-13-12(11)5-9(3)15(13)4/h5-8H,1-4H3,(H,16,17). The van der Waals surface area contributed by atoms with Crippen LogP contribution < -0.4 is 0 Å². The van der Waals surface area contributed by atoms with Crippen LogP contribution in [-0.4, -0.2) is 15.6 Å². The molecule has 1 N–H and O–H groups in total. The Morgan fingerprint density at radius 1 is 1.29 bits per heavy atom. The van der Waals surface area contributed by atoms with Gasteiger partial charge in [-0.05, 0) is 36.6 Å². The van der Waals surface area contributed by atoms with E-state index in [1.54, 1.807) is 12.1 Å². The van der Waals surface area contributed by atoms with E-state index >= 15 is 0 Å². The summed E-state index contributed by atoms with van der Waals surface area (Å²) in [5, 5.41) is 10.3. The molecule has 0 aliphatic heterocycles. The summed E-state index contributed by atoms with van der Waals surface area (Å²) in [5.74, 6) is -0.550. The molecule has 2 aromatic rings. The molecule has 1 aromatic carbocycles. The summed E-state index contributed by atoms with van der Waals surface area (Å²) in [5.41, 5.74) is 3.60. The number of aryl methyl sites for hydroxylation is 2. The quantitative estimate of drug-likeness (QED) is 0.861. The van der Waals surface area contributed by atoms with E-state index in [0.717, 1.165) is 22.2 Å². The maximum atomic E-state index is 11.1. The van der Waals surface area contributed by atoms with Gasteiger partial charge in [0.05, 0.1) is 5.56 Å². The molecule has 0 aliphatic rings. The Kier molecular flexibility index (Phi) is 2.69. The zero-order chi connectivity index (χ0) is 12.7. The smallest absolute Gasteiger partial charge is 0.335 e. The first kappa shape index (κ1) is 11.7. The minimum atomic E-state index is -0.868. The maximum Gasteiger partial charge on any atom is 0.335 e. The van der Waals surface area contributed by atoms with Crippen LogP contribution in [0.5, 0.6) is 0 Å². The van der Waals surface area contributed by atoms with Crippen LogP contribution in [0, 0.1) is 6.92 Å². The van der Waals surface area contributed by atoms with Gasteiger partial charge >= 0.3 is 5.97 Å². The third-order valence-electron chi connectivity index (χ3n) is 3.30. The number of aromatic nitrogens is 1. The second-order valence-corrected chi connectivity index (χ2v) is 4.80. The number of fused-ring (bicyclic) bond motifs is 1. The van der Waals surface area contributed by atoms with Crippen molar-refractivity contribution in [2.24, 2.45) is 7.05 Å². The van der Waals surface area contributed by atoms with Crippen LogP contribution in [-0.2, 0) is 7.05 Å². The van der Waals surface area contributed by atoms with E-state index in [1.165, 1.54) is 0 Å². The molecule has 0 aliphatic carbocycles. The molecule has 17 heavy (non-hydrogen) atoms. The van der Waals surface area contributed by atoms with Crippen LogP contribution in [0.4, 0.5) is 0 Å². The van der Waals surface area contributed by atoms with Gasteiger partial charge < -0.3 is 9.67 Å². The van der Waals surface area contributed by atoms with Crippen molar-refractivity contribution >= 4 is 16.9 Å². The Balaban J connectivity index is 2.86. The second kappa shape index (κ2) is 3.91. The van der Waals surface area contributed by atoms with Crippen LogP contribution in [0.1, 0.15) is 41.4 Å². The normalized spacial score (nSPS) is 11.4. The summed E-state index contributed by atoms with van der Waals surface area (Å²) < 4.78 is 2.04. The molecule has 90 valence electrons. The van der Waals surface area contributed by atoms with Crippen molar-refractivity contribution < 1.29 is 9.90 Å². The number of rotatable bonds is 2. The molecule has 0 bridgehead atoms. The maximum absolute atomic E-state index is 11.1. The number of hydrogen-bond donors (Lipinski definition) is 1. The van der Waals surface area contributed by atoms with Crippen molar-refractivity contribution in [3.63, 3.8) is 0 Å². The van der Waals surface area contributed by atoms with E-state index < -0.39 is 5.97 Å². The van der Waals surface area contributed by atoms with E-state index in [4.69, 9.17) is 5.11 Å². The lowest BCUT2D eigenvalue weighted by Gasteiger charge is -2.09. The fourth-order valence-electron chi connectivity index (χ4n) is 2.19. The highest BCUT2D eigenvalue weighted by atomic mass is 16.4. The van der Waals surface area contributed by atoms with Crippen LogP contribution in [0.15, 0.2) is 18.2 Å². The topological polar surface area (TPSA) is 42.2 Å². The van der Waals surface area contributed by atoms with Gasteiger partial charge in [0.1, 0.15) is 0 Å². The van der Waals surface area contributed by atoms with Gasteiger partial charge in [-0.3, -0.25) is 0 Å². The fourth-order valence-corrected chi connectivity index (χ4v) is 2.19. The van der Waals surface area contributed by atoms with Crippen molar-refractivity contribution in [3.05, 3.63) is 35.0 Å². The van der Waals surface area contributed by atoms with E-state index in [0.29, 0.717) is 11.5 Å². The molecule has 0 unspecified atom stereocenters. The number of benzene rings is 1. The zero-order valence-electron chi connectivity index (χ0n) is 10.6. The Morgan fingerprint density at radius 3 is 2.47 bits per heavy atom. The molecule has 0 fully saturated rings. The first-order chi connectivity index (χ1) is 7.91. The monoisotopic (exact) mass is 231 g/mol. The lowest BCUT2D eigenvalue weighted by Crippen LogP contribution is -2.00. The average molecular weight is 231 g/mol. The van der Waals surface area contributed by atoms with Crippen LogP contribution in [0.3, 0.4) is 0 Å². The largest absolute Gasteiger partial charge is 0.478 e. The van der Waals surface area contributed by atoms with E-state index in [1.807, 2.05) is 18.5 Å². The number of carboxylic acids is 1. The predicted molar refractivity (Wildman–Crippen MR) is 68.7 cm³/mol. The highest BCUT2D eigenvalue weighted by molar-refractivity contribution is 5.95. The molecular formula is C14H17NO2. The van der Waals surface area contributed by atoms with Crippen molar-refractivity contribution in [1.82, 2.24) is 4.57 Å². The number of carbonyl (C=O) groups is 1.